The molecule has 1 N–H and O–H groups in total. The van der Waals surface area contributed by atoms with Crippen molar-refractivity contribution in [2.24, 2.45) is 0 Å². The minimum Gasteiger partial charge on any atom is -0.361 e. The van der Waals surface area contributed by atoms with Gasteiger partial charge in [-0.1, -0.05) is 25.4 Å². The summed E-state index contributed by atoms with van der Waals surface area (Å²) >= 11 is 6.18. The van der Waals surface area contributed by atoms with Crippen molar-refractivity contribution in [3.05, 3.63) is 35.0 Å². The lowest BCUT2D eigenvalue weighted by molar-refractivity contribution is 0.734. The maximum Gasteiger partial charge on any atom is 0.0502 e. The van der Waals surface area contributed by atoms with Gasteiger partial charge in [0.25, 0.3) is 0 Å². The fraction of sp³-hybridized carbons (Fsp3) is 0.333. The third-order valence-electron chi connectivity index (χ3n) is 2.82. The number of aromatic nitrogens is 1. The highest BCUT2D eigenvalue weighted by molar-refractivity contribution is 6.35. The van der Waals surface area contributed by atoms with Crippen LogP contribution in [0.1, 0.15) is 31.7 Å². The second kappa shape index (κ2) is 3.66. The van der Waals surface area contributed by atoms with Gasteiger partial charge in [-0.25, -0.2) is 0 Å². The van der Waals surface area contributed by atoms with Crippen molar-refractivity contribution in [3.8, 4) is 0 Å². The molecule has 0 aliphatic carbocycles. The molecule has 2 rings (SSSR count). The molecule has 1 unspecified atom stereocenters. The van der Waals surface area contributed by atoms with Gasteiger partial charge in [0, 0.05) is 17.1 Å². The van der Waals surface area contributed by atoms with Crippen LogP contribution in [0, 0.1) is 0 Å². The van der Waals surface area contributed by atoms with Crippen LogP contribution >= 0.6 is 11.6 Å². The van der Waals surface area contributed by atoms with Crippen LogP contribution in [0.2, 0.25) is 5.02 Å². The van der Waals surface area contributed by atoms with E-state index in [0.29, 0.717) is 5.92 Å². The van der Waals surface area contributed by atoms with Crippen molar-refractivity contribution in [2.75, 3.05) is 0 Å². The predicted molar refractivity (Wildman–Crippen MR) is 62.0 cm³/mol. The number of halogens is 1. The molecule has 0 fully saturated rings. The number of hydrogen-bond acceptors (Lipinski definition) is 0. The van der Waals surface area contributed by atoms with Crippen LogP contribution in [0.3, 0.4) is 0 Å². The highest BCUT2D eigenvalue weighted by atomic mass is 35.5. The van der Waals surface area contributed by atoms with Crippen molar-refractivity contribution in [1.29, 1.82) is 0 Å². The van der Waals surface area contributed by atoms with E-state index in [9.17, 15) is 0 Å². The summed E-state index contributed by atoms with van der Waals surface area (Å²) in [6, 6.07) is 6.28. The van der Waals surface area contributed by atoms with E-state index in [2.05, 4.69) is 31.0 Å². The zero-order valence-corrected chi connectivity index (χ0v) is 9.23. The van der Waals surface area contributed by atoms with Crippen LogP contribution in [0.4, 0.5) is 0 Å². The predicted octanol–water partition coefficient (Wildman–Crippen LogP) is 4.33. The molecule has 0 aliphatic rings. The van der Waals surface area contributed by atoms with Gasteiger partial charge in [-0.05, 0) is 36.1 Å². The average molecular weight is 208 g/mol. The van der Waals surface area contributed by atoms with Gasteiger partial charge in [-0.15, -0.1) is 0 Å². The highest BCUT2D eigenvalue weighted by Crippen LogP contribution is 2.29. The number of H-pyrrole nitrogens is 1. The zero-order valence-electron chi connectivity index (χ0n) is 8.47. The molecular weight excluding hydrogens is 194 g/mol. The first-order chi connectivity index (χ1) is 6.72. The minimum absolute atomic E-state index is 0.570. The second-order valence-electron chi connectivity index (χ2n) is 3.75. The topological polar surface area (TPSA) is 15.8 Å². The van der Waals surface area contributed by atoms with Crippen LogP contribution in [0.15, 0.2) is 24.4 Å². The summed E-state index contributed by atoms with van der Waals surface area (Å²) in [5, 5.41) is 1.96. The molecule has 14 heavy (non-hydrogen) atoms. The number of hydrogen-bond donors (Lipinski definition) is 1. The highest BCUT2D eigenvalue weighted by Gasteiger charge is 2.07. The molecule has 0 amide bonds. The molecule has 0 saturated heterocycles. The monoisotopic (exact) mass is 207 g/mol. The molecule has 0 bridgehead atoms. The van der Waals surface area contributed by atoms with Crippen molar-refractivity contribution in [2.45, 2.75) is 26.2 Å². The lowest BCUT2D eigenvalue weighted by Crippen LogP contribution is -1.91. The number of rotatable bonds is 2. The van der Waals surface area contributed by atoms with E-state index < -0.39 is 0 Å². The third kappa shape index (κ3) is 1.53. The van der Waals surface area contributed by atoms with Gasteiger partial charge < -0.3 is 4.98 Å². The fourth-order valence-corrected chi connectivity index (χ4v) is 1.95. The molecule has 2 heteroatoms. The van der Waals surface area contributed by atoms with E-state index in [1.54, 1.807) is 0 Å². The van der Waals surface area contributed by atoms with Gasteiger partial charge >= 0.3 is 0 Å². The normalized spacial score (nSPS) is 13.4. The molecule has 1 aromatic carbocycles. The zero-order chi connectivity index (χ0) is 10.1. The molecule has 74 valence electrons. The molecule has 0 spiro atoms. The molecule has 0 aliphatic heterocycles. The van der Waals surface area contributed by atoms with Gasteiger partial charge in [0.2, 0.25) is 0 Å². The first-order valence-electron chi connectivity index (χ1n) is 4.99. The molecule has 1 nitrogen and oxygen atoms in total. The van der Waals surface area contributed by atoms with E-state index in [-0.39, 0.29) is 0 Å². The summed E-state index contributed by atoms with van der Waals surface area (Å²) < 4.78 is 0. The molecule has 1 heterocycles. The van der Waals surface area contributed by atoms with Crippen molar-refractivity contribution in [1.82, 2.24) is 4.98 Å². The Morgan fingerprint density at radius 2 is 2.21 bits per heavy atom. The Labute approximate surface area is 89.1 Å². The van der Waals surface area contributed by atoms with Gasteiger partial charge in [-0.2, -0.15) is 0 Å². The van der Waals surface area contributed by atoms with E-state index in [1.165, 1.54) is 5.56 Å². The Kier molecular flexibility index (Phi) is 2.51. The summed E-state index contributed by atoms with van der Waals surface area (Å²) in [4.78, 5) is 3.20. The van der Waals surface area contributed by atoms with Gasteiger partial charge in [-0.3, -0.25) is 0 Å². The van der Waals surface area contributed by atoms with Gasteiger partial charge in [0.1, 0.15) is 0 Å². The second-order valence-corrected chi connectivity index (χ2v) is 4.16. The fourth-order valence-electron chi connectivity index (χ4n) is 1.66. The number of nitrogens with one attached hydrogen (secondary N) is 1. The summed E-state index contributed by atoms with van der Waals surface area (Å²) in [6.45, 7) is 4.41. The molecule has 0 saturated carbocycles. The van der Waals surface area contributed by atoms with E-state index >= 15 is 0 Å². The summed E-state index contributed by atoms with van der Waals surface area (Å²) in [6.07, 6.45) is 3.07. The largest absolute Gasteiger partial charge is 0.361 e. The van der Waals surface area contributed by atoms with Gasteiger partial charge in [0.05, 0.1) is 5.02 Å². The third-order valence-corrected chi connectivity index (χ3v) is 3.13. The number of fused-ring (bicyclic) bond motifs is 1. The van der Waals surface area contributed by atoms with Crippen LogP contribution in [-0.2, 0) is 0 Å². The maximum absolute atomic E-state index is 6.18. The minimum atomic E-state index is 0.570. The van der Waals surface area contributed by atoms with Crippen LogP contribution in [0.5, 0.6) is 0 Å². The molecule has 1 atom stereocenters. The summed E-state index contributed by atoms with van der Waals surface area (Å²) in [7, 11) is 0. The Morgan fingerprint density at radius 1 is 1.43 bits per heavy atom. The molecular formula is C12H14ClN. The van der Waals surface area contributed by atoms with Crippen molar-refractivity contribution in [3.63, 3.8) is 0 Å². The molecule has 2 aromatic rings. The molecule has 1 aromatic heterocycles. The van der Waals surface area contributed by atoms with Crippen LogP contribution in [0.25, 0.3) is 10.9 Å². The Bertz CT molecular complexity index is 445. The average Bonchev–Trinajstić information content (AvgIpc) is 2.64. The SMILES string of the molecule is CCC(C)c1cc(Cl)c2cc[nH]c2c1. The lowest BCUT2D eigenvalue weighted by atomic mass is 9.98. The first-order valence-corrected chi connectivity index (χ1v) is 5.36. The van der Waals surface area contributed by atoms with E-state index in [4.69, 9.17) is 11.6 Å². The molecule has 0 radical (unpaired) electrons. The van der Waals surface area contributed by atoms with E-state index in [1.807, 2.05) is 12.3 Å². The Balaban J connectivity index is 2.58. The lowest BCUT2D eigenvalue weighted by Gasteiger charge is -2.09. The number of aromatic amines is 1. The first kappa shape index (κ1) is 9.60. The smallest absolute Gasteiger partial charge is 0.0502 e. The van der Waals surface area contributed by atoms with Gasteiger partial charge in [0.15, 0.2) is 0 Å². The van der Waals surface area contributed by atoms with Crippen molar-refractivity contribution >= 4 is 22.5 Å². The quantitative estimate of drug-likeness (QED) is 0.754. The Morgan fingerprint density at radius 3 is 2.93 bits per heavy atom. The Hall–Kier alpha value is -0.950. The van der Waals surface area contributed by atoms with Crippen LogP contribution < -0.4 is 0 Å². The summed E-state index contributed by atoms with van der Waals surface area (Å²) in [5.41, 5.74) is 2.44. The standard InChI is InChI=1S/C12H14ClN/c1-3-8(2)9-6-11(13)10-4-5-14-12(10)7-9/h4-8,14H,3H2,1-2H3. The maximum atomic E-state index is 6.18. The number of benzene rings is 1. The van der Waals surface area contributed by atoms with Crippen molar-refractivity contribution < 1.29 is 0 Å². The summed E-state index contributed by atoms with van der Waals surface area (Å²) in [5.74, 6) is 0.570. The van der Waals surface area contributed by atoms with Crippen LogP contribution in [-0.4, -0.2) is 4.98 Å². The van der Waals surface area contributed by atoms with E-state index in [0.717, 1.165) is 22.3 Å².